The summed E-state index contributed by atoms with van der Waals surface area (Å²) >= 11 is 5.93. The van der Waals surface area contributed by atoms with Crippen molar-refractivity contribution in [3.05, 3.63) is 52.3 Å². The molecule has 2 atom stereocenters. The number of nitrogens with two attached hydrogens (primary N) is 1. The number of ether oxygens (including phenoxy) is 2. The zero-order valence-electron chi connectivity index (χ0n) is 17.6. The lowest BCUT2D eigenvalue weighted by Gasteiger charge is -2.40. The Morgan fingerprint density at radius 2 is 2.00 bits per heavy atom. The number of ketones is 1. The van der Waals surface area contributed by atoms with Crippen LogP contribution in [0.15, 0.2) is 29.4 Å². The number of carbonyl (C=O) groups is 1. The van der Waals surface area contributed by atoms with E-state index in [0.717, 1.165) is 18.3 Å². The molecule has 0 radical (unpaired) electrons. The summed E-state index contributed by atoms with van der Waals surface area (Å²) in [6, 6.07) is 3.12. The van der Waals surface area contributed by atoms with Crippen molar-refractivity contribution < 1.29 is 40.6 Å². The van der Waals surface area contributed by atoms with Gasteiger partial charge in [-0.25, -0.2) is 9.37 Å². The highest BCUT2D eigenvalue weighted by atomic mass is 35.5. The number of Topliss-reactive ketones (excluding diaryl/α,β-unsaturated/α-hetero) is 1. The highest BCUT2D eigenvalue weighted by Gasteiger charge is 2.59. The third-order valence-corrected chi connectivity index (χ3v) is 5.39. The second-order valence-corrected chi connectivity index (χ2v) is 8.11. The molecule has 2 aromatic heterocycles. The fourth-order valence-electron chi connectivity index (χ4n) is 3.11. The Morgan fingerprint density at radius 1 is 1.32 bits per heavy atom. The van der Waals surface area contributed by atoms with E-state index in [-0.39, 0.29) is 27.9 Å². The van der Waals surface area contributed by atoms with E-state index in [1.807, 2.05) is 0 Å². The third-order valence-electron chi connectivity index (χ3n) is 5.10. The smallest absolute Gasteiger partial charge is 0.424 e. The van der Waals surface area contributed by atoms with E-state index in [2.05, 4.69) is 19.7 Å². The van der Waals surface area contributed by atoms with Crippen molar-refractivity contribution in [3.8, 4) is 5.75 Å². The summed E-state index contributed by atoms with van der Waals surface area (Å²) < 4.78 is 88.3. The number of halogens is 7. The normalized spacial score (nSPS) is 23.1. The Morgan fingerprint density at radius 3 is 2.56 bits per heavy atom. The SMILES string of the molecule is C[C@@]1(c2nc(CC(=O)c3ncc(OC(F)F)cc3Cl)ccc2F)CO[C@@](C)(C(F)(F)F)C(N)=N1. The van der Waals surface area contributed by atoms with Crippen LogP contribution in [0.3, 0.4) is 0 Å². The summed E-state index contributed by atoms with van der Waals surface area (Å²) in [5, 5.41) is -0.262. The van der Waals surface area contributed by atoms with Gasteiger partial charge in [-0.3, -0.25) is 14.8 Å². The molecule has 0 spiro atoms. The predicted octanol–water partition coefficient (Wildman–Crippen LogP) is 4.22. The molecule has 0 saturated heterocycles. The Labute approximate surface area is 193 Å². The minimum Gasteiger partial charge on any atom is -0.433 e. The van der Waals surface area contributed by atoms with Gasteiger partial charge in [-0.15, -0.1) is 0 Å². The van der Waals surface area contributed by atoms with E-state index in [1.165, 1.54) is 13.0 Å². The fraction of sp³-hybridized carbons (Fsp3) is 0.400. The molecule has 0 aromatic carbocycles. The maximum absolute atomic E-state index is 14.6. The molecule has 0 bridgehead atoms. The van der Waals surface area contributed by atoms with Gasteiger partial charge in [0.05, 0.1) is 24.2 Å². The van der Waals surface area contributed by atoms with Gasteiger partial charge in [0.1, 0.15) is 34.3 Å². The lowest BCUT2D eigenvalue weighted by atomic mass is 9.93. The van der Waals surface area contributed by atoms with Crippen molar-refractivity contribution in [2.45, 2.75) is 44.2 Å². The van der Waals surface area contributed by atoms with Gasteiger partial charge in [0.2, 0.25) is 5.60 Å². The summed E-state index contributed by atoms with van der Waals surface area (Å²) in [5.74, 6) is -2.85. The second-order valence-electron chi connectivity index (χ2n) is 7.70. The van der Waals surface area contributed by atoms with Crippen molar-refractivity contribution in [1.82, 2.24) is 9.97 Å². The van der Waals surface area contributed by atoms with Gasteiger partial charge in [0.15, 0.2) is 5.78 Å². The van der Waals surface area contributed by atoms with E-state index in [0.29, 0.717) is 6.92 Å². The predicted molar refractivity (Wildman–Crippen MR) is 107 cm³/mol. The summed E-state index contributed by atoms with van der Waals surface area (Å²) in [5.41, 5.74) is 0.346. The zero-order valence-corrected chi connectivity index (χ0v) is 18.3. The summed E-state index contributed by atoms with van der Waals surface area (Å²) in [7, 11) is 0. The summed E-state index contributed by atoms with van der Waals surface area (Å²) in [4.78, 5) is 24.2. The Kier molecular flexibility index (Phi) is 6.82. The van der Waals surface area contributed by atoms with E-state index in [1.54, 1.807) is 0 Å². The molecule has 3 heterocycles. The number of aliphatic imine (C=N–C) groups is 1. The molecule has 184 valence electrons. The molecule has 1 aliphatic rings. The first kappa shape index (κ1) is 25.7. The lowest BCUT2D eigenvalue weighted by Crippen LogP contribution is -2.60. The van der Waals surface area contributed by atoms with Crippen LogP contribution in [-0.4, -0.2) is 46.6 Å². The topological polar surface area (TPSA) is 99.7 Å². The minimum absolute atomic E-state index is 0.0197. The molecule has 0 saturated carbocycles. The van der Waals surface area contributed by atoms with Gasteiger partial charge in [-0.2, -0.15) is 22.0 Å². The number of alkyl halides is 5. The highest BCUT2D eigenvalue weighted by Crippen LogP contribution is 2.40. The van der Waals surface area contributed by atoms with Gasteiger partial charge < -0.3 is 15.2 Å². The van der Waals surface area contributed by atoms with Crippen LogP contribution < -0.4 is 10.5 Å². The molecule has 0 fully saturated rings. The Balaban J connectivity index is 1.88. The standard InChI is InChI=1S/C20H17ClF6N4O3/c1-18(8-33-19(2,16(28)31-18)20(25,26)27)15-12(22)4-3-9(30-15)5-13(32)14-11(21)6-10(7-29-14)34-17(23)24/h3-4,6-7,17H,5,8H2,1-2H3,(H2,28,31)/t18-,19+/m0/s1. The van der Waals surface area contributed by atoms with E-state index >= 15 is 0 Å². The van der Waals surface area contributed by atoms with Crippen molar-refractivity contribution in [1.29, 1.82) is 0 Å². The highest BCUT2D eigenvalue weighted by molar-refractivity contribution is 6.33. The maximum Gasteiger partial charge on any atom is 0.424 e. The van der Waals surface area contributed by atoms with Gasteiger partial charge in [-0.1, -0.05) is 11.6 Å². The molecule has 2 N–H and O–H groups in total. The third kappa shape index (κ3) is 4.94. The molecule has 0 amide bonds. The number of nitrogens with zero attached hydrogens (tertiary/aromatic N) is 3. The van der Waals surface area contributed by atoms with E-state index in [4.69, 9.17) is 22.1 Å². The fourth-order valence-corrected chi connectivity index (χ4v) is 3.37. The first-order valence-electron chi connectivity index (χ1n) is 9.52. The molecule has 2 aromatic rings. The van der Waals surface area contributed by atoms with Crippen LogP contribution in [0.4, 0.5) is 26.3 Å². The van der Waals surface area contributed by atoms with Gasteiger partial charge in [0.25, 0.3) is 0 Å². The van der Waals surface area contributed by atoms with Crippen LogP contribution in [0.25, 0.3) is 0 Å². The molecule has 3 rings (SSSR count). The van der Waals surface area contributed by atoms with Crippen LogP contribution in [-0.2, 0) is 16.7 Å². The van der Waals surface area contributed by atoms with Crippen LogP contribution in [0, 0.1) is 5.82 Å². The molecule has 0 aliphatic carbocycles. The molecular formula is C20H17ClF6N4O3. The van der Waals surface area contributed by atoms with Crippen LogP contribution in [0.1, 0.15) is 35.7 Å². The van der Waals surface area contributed by atoms with Gasteiger partial charge in [-0.05, 0) is 26.0 Å². The second kappa shape index (κ2) is 9.02. The quantitative estimate of drug-likeness (QED) is 0.461. The molecular weight excluding hydrogens is 494 g/mol. The largest absolute Gasteiger partial charge is 0.433 e. The van der Waals surface area contributed by atoms with E-state index in [9.17, 15) is 31.1 Å². The number of hydrogen-bond acceptors (Lipinski definition) is 7. The van der Waals surface area contributed by atoms with Gasteiger partial charge in [0, 0.05) is 11.8 Å². The van der Waals surface area contributed by atoms with Gasteiger partial charge >= 0.3 is 12.8 Å². The molecule has 1 aliphatic heterocycles. The monoisotopic (exact) mass is 510 g/mol. The number of hydrogen-bond donors (Lipinski definition) is 1. The molecule has 34 heavy (non-hydrogen) atoms. The van der Waals surface area contributed by atoms with Crippen molar-refractivity contribution in [2.24, 2.45) is 10.7 Å². The summed E-state index contributed by atoms with van der Waals surface area (Å²) in [6.07, 6.45) is -4.42. The number of aromatic nitrogens is 2. The number of pyridine rings is 2. The molecule has 0 unspecified atom stereocenters. The maximum atomic E-state index is 14.6. The number of carbonyl (C=O) groups excluding carboxylic acids is 1. The first-order valence-corrected chi connectivity index (χ1v) is 9.90. The zero-order chi connectivity index (χ0) is 25.5. The van der Waals surface area contributed by atoms with Crippen LogP contribution >= 0.6 is 11.6 Å². The minimum atomic E-state index is -4.86. The summed E-state index contributed by atoms with van der Waals surface area (Å²) in [6.45, 7) is -1.81. The van der Waals surface area contributed by atoms with Crippen molar-refractivity contribution in [2.75, 3.05) is 6.61 Å². The average Bonchev–Trinajstić information content (AvgIpc) is 2.71. The Hall–Kier alpha value is -2.93. The number of amidine groups is 1. The van der Waals surface area contributed by atoms with Crippen LogP contribution in [0.2, 0.25) is 5.02 Å². The van der Waals surface area contributed by atoms with Crippen molar-refractivity contribution >= 4 is 23.2 Å². The number of rotatable bonds is 6. The Bertz CT molecular complexity index is 1150. The lowest BCUT2D eigenvalue weighted by molar-refractivity contribution is -0.249. The van der Waals surface area contributed by atoms with E-state index < -0.39 is 54.4 Å². The van der Waals surface area contributed by atoms with Crippen LogP contribution in [0.5, 0.6) is 5.75 Å². The molecule has 7 nitrogen and oxygen atoms in total. The first-order chi connectivity index (χ1) is 15.7. The molecule has 14 heteroatoms. The average molecular weight is 511 g/mol. The van der Waals surface area contributed by atoms with Crippen molar-refractivity contribution in [3.63, 3.8) is 0 Å².